The molecule has 1 aliphatic rings. The number of nitrogens with zero attached hydrogens (tertiary/aromatic N) is 2. The van der Waals surface area contributed by atoms with Gasteiger partial charge in [-0.2, -0.15) is 0 Å². The zero-order valence-corrected chi connectivity index (χ0v) is 15.1. The zero-order chi connectivity index (χ0) is 20.7. The van der Waals surface area contributed by atoms with E-state index in [9.17, 15) is 14.4 Å². The molecule has 2 atom stereocenters. The van der Waals surface area contributed by atoms with Gasteiger partial charge in [0.1, 0.15) is 6.04 Å². The number of carboxylic acid groups (broad SMARTS) is 1. The van der Waals surface area contributed by atoms with E-state index in [1.165, 1.54) is 0 Å². The zero-order valence-electron chi connectivity index (χ0n) is 15.1. The van der Waals surface area contributed by atoms with Gasteiger partial charge in [-0.3, -0.25) is 4.79 Å². The van der Waals surface area contributed by atoms with E-state index in [4.69, 9.17) is 30.8 Å². The predicted molar refractivity (Wildman–Crippen MR) is 91.6 cm³/mol. The SMILES string of the molecule is NC(=O)CC[C@H](NC(=O)NC(CO)C(=O)O)c1nnc(C2(N)CCOCC2)o1. The van der Waals surface area contributed by atoms with E-state index in [2.05, 4.69) is 20.8 Å². The van der Waals surface area contributed by atoms with Crippen LogP contribution in [0.15, 0.2) is 4.42 Å². The standard InChI is InChI=1S/C15H24N6O7/c16-10(23)2-1-8(18-14(26)19-9(7-22)12(24)25)11-20-21-13(28-11)15(17)3-5-27-6-4-15/h8-9,22H,1-7,17H2,(H2,16,23)(H,24,25)(H2,18,19,26)/t8-,9?/m0/s1. The van der Waals surface area contributed by atoms with Gasteiger partial charge in [-0.1, -0.05) is 0 Å². The molecule has 28 heavy (non-hydrogen) atoms. The van der Waals surface area contributed by atoms with Crippen LogP contribution in [0.3, 0.4) is 0 Å². The van der Waals surface area contributed by atoms with E-state index in [1.807, 2.05) is 0 Å². The number of nitrogens with one attached hydrogen (secondary N) is 2. The van der Waals surface area contributed by atoms with Crippen LogP contribution in [0.2, 0.25) is 0 Å². The molecule has 156 valence electrons. The van der Waals surface area contributed by atoms with E-state index in [1.54, 1.807) is 0 Å². The maximum Gasteiger partial charge on any atom is 0.328 e. The Morgan fingerprint density at radius 2 is 1.89 bits per heavy atom. The highest BCUT2D eigenvalue weighted by Gasteiger charge is 2.36. The van der Waals surface area contributed by atoms with Gasteiger partial charge in [0.25, 0.3) is 0 Å². The number of aliphatic hydroxyl groups is 1. The van der Waals surface area contributed by atoms with Crippen LogP contribution in [-0.4, -0.2) is 64.2 Å². The molecular weight excluding hydrogens is 376 g/mol. The predicted octanol–water partition coefficient (Wildman–Crippen LogP) is -1.91. The van der Waals surface area contributed by atoms with Crippen LogP contribution in [0.25, 0.3) is 0 Å². The van der Waals surface area contributed by atoms with E-state index >= 15 is 0 Å². The van der Waals surface area contributed by atoms with Gasteiger partial charge >= 0.3 is 12.0 Å². The monoisotopic (exact) mass is 400 g/mol. The Kier molecular flexibility index (Phi) is 7.25. The third kappa shape index (κ3) is 5.61. The molecule has 1 saturated heterocycles. The van der Waals surface area contributed by atoms with Crippen molar-refractivity contribution in [2.75, 3.05) is 19.8 Å². The summed E-state index contributed by atoms with van der Waals surface area (Å²) >= 11 is 0. The van der Waals surface area contributed by atoms with Gasteiger partial charge in [0, 0.05) is 19.6 Å². The molecular formula is C15H24N6O7. The largest absolute Gasteiger partial charge is 0.480 e. The van der Waals surface area contributed by atoms with E-state index in [-0.39, 0.29) is 24.6 Å². The summed E-state index contributed by atoms with van der Waals surface area (Å²) < 4.78 is 10.9. The van der Waals surface area contributed by atoms with Crippen LogP contribution >= 0.6 is 0 Å². The summed E-state index contributed by atoms with van der Waals surface area (Å²) in [6.45, 7) is 0.0899. The minimum Gasteiger partial charge on any atom is -0.480 e. The average molecular weight is 400 g/mol. The number of urea groups is 1. The lowest BCUT2D eigenvalue weighted by molar-refractivity contribution is -0.140. The molecule has 8 N–H and O–H groups in total. The van der Waals surface area contributed by atoms with Gasteiger partial charge in [-0.25, -0.2) is 9.59 Å². The number of nitrogens with two attached hydrogens (primary N) is 2. The molecule has 0 spiro atoms. The van der Waals surface area contributed by atoms with E-state index in [0.29, 0.717) is 26.1 Å². The highest BCUT2D eigenvalue weighted by atomic mass is 16.5. The molecule has 1 unspecified atom stereocenters. The number of hydrogen-bond acceptors (Lipinski definition) is 9. The van der Waals surface area contributed by atoms with Gasteiger partial charge in [0.2, 0.25) is 17.7 Å². The van der Waals surface area contributed by atoms with Crippen LogP contribution in [-0.2, 0) is 19.9 Å². The van der Waals surface area contributed by atoms with Crippen molar-refractivity contribution >= 4 is 17.9 Å². The molecule has 1 aromatic heterocycles. The third-order valence-corrected chi connectivity index (χ3v) is 4.32. The first-order chi connectivity index (χ1) is 13.2. The number of rotatable bonds is 9. The fraction of sp³-hybridized carbons (Fsp3) is 0.667. The average Bonchev–Trinajstić information content (AvgIpc) is 3.14. The Labute approximate surface area is 159 Å². The number of aliphatic hydroxyl groups excluding tert-OH is 1. The normalized spacial score (nSPS) is 18.1. The minimum atomic E-state index is -1.50. The molecule has 3 amide bonds. The maximum atomic E-state index is 12.1. The van der Waals surface area contributed by atoms with Crippen molar-refractivity contribution in [2.24, 2.45) is 11.5 Å². The highest BCUT2D eigenvalue weighted by Crippen LogP contribution is 2.29. The van der Waals surface area contributed by atoms with Gasteiger partial charge < -0.3 is 41.5 Å². The van der Waals surface area contributed by atoms with Crippen molar-refractivity contribution in [1.82, 2.24) is 20.8 Å². The summed E-state index contributed by atoms with van der Waals surface area (Å²) in [5, 5.41) is 30.3. The molecule has 1 aliphatic heterocycles. The molecule has 0 aliphatic carbocycles. The van der Waals surface area contributed by atoms with Gasteiger partial charge in [0.05, 0.1) is 12.1 Å². The molecule has 2 rings (SSSR count). The lowest BCUT2D eigenvalue weighted by Gasteiger charge is -2.29. The van der Waals surface area contributed by atoms with Gasteiger partial charge in [0.15, 0.2) is 6.04 Å². The van der Waals surface area contributed by atoms with Crippen LogP contribution < -0.4 is 22.1 Å². The Hall–Kier alpha value is -2.77. The summed E-state index contributed by atoms with van der Waals surface area (Å²) in [4.78, 5) is 34.1. The summed E-state index contributed by atoms with van der Waals surface area (Å²) in [6.07, 6.45) is 0.908. The summed E-state index contributed by atoms with van der Waals surface area (Å²) in [5.74, 6) is -1.84. The second kappa shape index (κ2) is 9.43. The quantitative estimate of drug-likeness (QED) is 0.270. The van der Waals surface area contributed by atoms with Crippen molar-refractivity contribution in [3.8, 4) is 0 Å². The second-order valence-corrected chi connectivity index (χ2v) is 6.46. The van der Waals surface area contributed by atoms with Crippen molar-refractivity contribution < 1.29 is 33.8 Å². The van der Waals surface area contributed by atoms with Crippen LogP contribution in [0.5, 0.6) is 0 Å². The van der Waals surface area contributed by atoms with Gasteiger partial charge in [-0.15, -0.1) is 10.2 Å². The molecule has 1 aromatic rings. The first-order valence-electron chi connectivity index (χ1n) is 8.64. The fourth-order valence-electron chi connectivity index (χ4n) is 2.61. The molecule has 13 nitrogen and oxygen atoms in total. The maximum absolute atomic E-state index is 12.1. The Bertz CT molecular complexity index is 703. The lowest BCUT2D eigenvalue weighted by Crippen LogP contribution is -2.48. The lowest BCUT2D eigenvalue weighted by atomic mass is 9.91. The first kappa shape index (κ1) is 21.5. The summed E-state index contributed by atoms with van der Waals surface area (Å²) in [7, 11) is 0. The Morgan fingerprint density at radius 3 is 2.46 bits per heavy atom. The smallest absolute Gasteiger partial charge is 0.328 e. The minimum absolute atomic E-state index is 0.00131. The third-order valence-electron chi connectivity index (χ3n) is 4.32. The number of hydrogen-bond donors (Lipinski definition) is 6. The molecule has 0 aromatic carbocycles. The van der Waals surface area contributed by atoms with E-state index in [0.717, 1.165) is 0 Å². The van der Waals surface area contributed by atoms with Crippen LogP contribution in [0.4, 0.5) is 4.79 Å². The second-order valence-electron chi connectivity index (χ2n) is 6.46. The Morgan fingerprint density at radius 1 is 1.21 bits per heavy atom. The number of carboxylic acids is 1. The molecule has 0 radical (unpaired) electrons. The number of amides is 3. The number of ether oxygens (including phenoxy) is 1. The highest BCUT2D eigenvalue weighted by molar-refractivity contribution is 5.82. The topological polar surface area (TPSA) is 216 Å². The van der Waals surface area contributed by atoms with Crippen LogP contribution in [0, 0.1) is 0 Å². The molecule has 0 bridgehead atoms. The number of aromatic nitrogens is 2. The molecule has 1 fully saturated rings. The van der Waals surface area contributed by atoms with Gasteiger partial charge in [-0.05, 0) is 19.3 Å². The van der Waals surface area contributed by atoms with E-state index < -0.39 is 42.1 Å². The number of aliphatic carboxylic acids is 1. The number of carbonyl (C=O) groups excluding carboxylic acids is 2. The van der Waals surface area contributed by atoms with Crippen LogP contribution in [0.1, 0.15) is 43.5 Å². The number of carbonyl (C=O) groups is 3. The summed E-state index contributed by atoms with van der Waals surface area (Å²) in [5.41, 5.74) is 10.6. The summed E-state index contributed by atoms with van der Waals surface area (Å²) in [6, 6.07) is -3.31. The Balaban J connectivity index is 2.13. The number of primary amides is 1. The molecule has 0 saturated carbocycles. The molecule has 13 heteroatoms. The van der Waals surface area contributed by atoms with Crippen molar-refractivity contribution in [2.45, 2.75) is 43.3 Å². The van der Waals surface area contributed by atoms with Crippen molar-refractivity contribution in [3.63, 3.8) is 0 Å². The fourth-order valence-corrected chi connectivity index (χ4v) is 2.61. The van der Waals surface area contributed by atoms with Crippen molar-refractivity contribution in [3.05, 3.63) is 11.8 Å². The first-order valence-corrected chi connectivity index (χ1v) is 8.64. The molecule has 2 heterocycles. The van der Waals surface area contributed by atoms with Crippen molar-refractivity contribution in [1.29, 1.82) is 0 Å².